The number of halogens is 2. The maximum absolute atomic E-state index is 13.3. The van der Waals surface area contributed by atoms with Crippen molar-refractivity contribution in [1.29, 1.82) is 5.26 Å². The van der Waals surface area contributed by atoms with Crippen molar-refractivity contribution in [3.8, 4) is 6.07 Å². The number of nitrogens with zero attached hydrogens (tertiary/aromatic N) is 2. The number of aromatic nitrogens is 1. The number of hydrogen-bond donors (Lipinski definition) is 2. The van der Waals surface area contributed by atoms with Crippen LogP contribution in [0.25, 0.3) is 0 Å². The first kappa shape index (κ1) is 23.3. The number of pyridine rings is 1. The van der Waals surface area contributed by atoms with Crippen LogP contribution in [0.4, 0.5) is 14.5 Å². The molecule has 0 saturated heterocycles. The van der Waals surface area contributed by atoms with Crippen LogP contribution in [0.15, 0.2) is 53.3 Å². The Morgan fingerprint density at radius 2 is 1.73 bits per heavy atom. The van der Waals surface area contributed by atoms with Crippen LogP contribution in [0.2, 0.25) is 0 Å². The second kappa shape index (κ2) is 9.87. The molecule has 168 valence electrons. The van der Waals surface area contributed by atoms with Crippen LogP contribution >= 0.6 is 0 Å². The molecule has 0 aliphatic carbocycles. The lowest BCUT2D eigenvalue weighted by Crippen LogP contribution is -2.32. The first-order chi connectivity index (χ1) is 15.7. The van der Waals surface area contributed by atoms with Crippen LogP contribution < -0.4 is 16.2 Å². The van der Waals surface area contributed by atoms with Crippen molar-refractivity contribution in [2.75, 3.05) is 5.32 Å². The number of carbonyl (C=O) groups is 2. The maximum Gasteiger partial charge on any atom is 0.269 e. The smallest absolute Gasteiger partial charge is 0.269 e. The number of rotatable bonds is 6. The molecule has 9 heteroatoms. The summed E-state index contributed by atoms with van der Waals surface area (Å²) in [6, 6.07) is 12.6. The van der Waals surface area contributed by atoms with Crippen molar-refractivity contribution >= 4 is 17.5 Å². The molecule has 0 spiro atoms. The lowest BCUT2D eigenvalue weighted by molar-refractivity contribution is -0.116. The molecule has 3 rings (SSSR count). The number of nitrogens with one attached hydrogen (secondary N) is 2. The van der Waals surface area contributed by atoms with Crippen molar-refractivity contribution in [1.82, 2.24) is 9.88 Å². The number of para-hydroxylation sites is 1. The second-order valence-corrected chi connectivity index (χ2v) is 7.40. The standard InChI is InChI=1S/C24H20F2N4O3/c1-14-7-15(2)30(24(33)20(14)11-27)13-22(31)29-21-6-4-3-5-19(21)23(32)28-12-16-8-17(25)10-18(26)9-16/h3-10H,12-13H2,1-2H3,(H,28,32)(H,29,31). The summed E-state index contributed by atoms with van der Waals surface area (Å²) >= 11 is 0. The number of hydrogen-bond acceptors (Lipinski definition) is 4. The zero-order valence-corrected chi connectivity index (χ0v) is 17.9. The quantitative estimate of drug-likeness (QED) is 0.602. The Hall–Kier alpha value is -4.32. The van der Waals surface area contributed by atoms with Gasteiger partial charge in [0.2, 0.25) is 5.91 Å². The highest BCUT2D eigenvalue weighted by Gasteiger charge is 2.16. The minimum absolute atomic E-state index is 0.0398. The van der Waals surface area contributed by atoms with E-state index in [-0.39, 0.29) is 35.5 Å². The molecule has 2 amide bonds. The highest BCUT2D eigenvalue weighted by molar-refractivity contribution is 6.03. The first-order valence-corrected chi connectivity index (χ1v) is 9.92. The van der Waals surface area contributed by atoms with Gasteiger partial charge in [0.05, 0.1) is 11.3 Å². The van der Waals surface area contributed by atoms with Crippen LogP contribution in [-0.2, 0) is 17.9 Å². The maximum atomic E-state index is 13.3. The molecule has 1 aromatic heterocycles. The Labute approximate surface area is 188 Å². The Balaban J connectivity index is 1.76. The number of benzene rings is 2. The summed E-state index contributed by atoms with van der Waals surface area (Å²) < 4.78 is 27.9. The fourth-order valence-electron chi connectivity index (χ4n) is 3.37. The fourth-order valence-corrected chi connectivity index (χ4v) is 3.37. The zero-order valence-electron chi connectivity index (χ0n) is 17.9. The van der Waals surface area contributed by atoms with Gasteiger partial charge in [-0.05, 0) is 55.3 Å². The van der Waals surface area contributed by atoms with E-state index in [0.717, 1.165) is 18.2 Å². The third-order valence-corrected chi connectivity index (χ3v) is 4.94. The minimum Gasteiger partial charge on any atom is -0.348 e. The Kier molecular flexibility index (Phi) is 6.98. The van der Waals surface area contributed by atoms with Crippen LogP contribution in [0.1, 0.15) is 32.7 Å². The summed E-state index contributed by atoms with van der Waals surface area (Å²) in [5.74, 6) is -2.65. The fraction of sp³-hybridized carbons (Fsp3) is 0.167. The highest BCUT2D eigenvalue weighted by atomic mass is 19.1. The van der Waals surface area contributed by atoms with Gasteiger partial charge in [-0.1, -0.05) is 12.1 Å². The van der Waals surface area contributed by atoms with E-state index in [1.54, 1.807) is 32.0 Å². The van der Waals surface area contributed by atoms with Crippen LogP contribution in [-0.4, -0.2) is 16.4 Å². The highest BCUT2D eigenvalue weighted by Crippen LogP contribution is 2.16. The van der Waals surface area contributed by atoms with Gasteiger partial charge in [-0.2, -0.15) is 5.26 Å². The molecule has 7 nitrogen and oxygen atoms in total. The third-order valence-electron chi connectivity index (χ3n) is 4.94. The van der Waals surface area contributed by atoms with E-state index in [4.69, 9.17) is 0 Å². The zero-order chi connectivity index (χ0) is 24.1. The van der Waals surface area contributed by atoms with E-state index >= 15 is 0 Å². The van der Waals surface area contributed by atoms with E-state index in [1.165, 1.54) is 16.7 Å². The van der Waals surface area contributed by atoms with E-state index in [9.17, 15) is 28.4 Å². The molecular formula is C24H20F2N4O3. The van der Waals surface area contributed by atoms with Gasteiger partial charge in [-0.3, -0.25) is 14.4 Å². The molecular weight excluding hydrogens is 430 g/mol. The number of amides is 2. The summed E-state index contributed by atoms with van der Waals surface area (Å²) in [6.45, 7) is 2.83. The number of anilines is 1. The van der Waals surface area contributed by atoms with Crippen molar-refractivity contribution in [2.45, 2.75) is 26.9 Å². The summed E-state index contributed by atoms with van der Waals surface area (Å²) in [5, 5.41) is 14.4. The molecule has 2 N–H and O–H groups in total. The van der Waals surface area contributed by atoms with Crippen LogP contribution in [0.5, 0.6) is 0 Å². The van der Waals surface area contributed by atoms with Crippen LogP contribution in [0, 0.1) is 36.8 Å². The van der Waals surface area contributed by atoms with Crippen molar-refractivity contribution < 1.29 is 18.4 Å². The Bertz CT molecular complexity index is 1320. The molecule has 0 aliphatic rings. The van der Waals surface area contributed by atoms with Gasteiger partial charge in [-0.25, -0.2) is 8.78 Å². The van der Waals surface area contributed by atoms with Crippen molar-refractivity contribution in [2.24, 2.45) is 0 Å². The van der Waals surface area contributed by atoms with Crippen molar-refractivity contribution in [3.63, 3.8) is 0 Å². The Morgan fingerprint density at radius 1 is 1.06 bits per heavy atom. The molecule has 3 aromatic rings. The predicted molar refractivity (Wildman–Crippen MR) is 117 cm³/mol. The summed E-state index contributed by atoms with van der Waals surface area (Å²) in [4.78, 5) is 37.8. The monoisotopic (exact) mass is 450 g/mol. The van der Waals surface area contributed by atoms with Gasteiger partial charge in [0.25, 0.3) is 11.5 Å². The van der Waals surface area contributed by atoms with E-state index in [1.807, 2.05) is 6.07 Å². The molecule has 0 saturated carbocycles. The molecule has 0 atom stereocenters. The first-order valence-electron chi connectivity index (χ1n) is 9.92. The number of carbonyl (C=O) groups excluding carboxylic acids is 2. The second-order valence-electron chi connectivity index (χ2n) is 7.40. The average molecular weight is 450 g/mol. The molecule has 0 fully saturated rings. The normalized spacial score (nSPS) is 10.4. The van der Waals surface area contributed by atoms with Gasteiger partial charge in [0.15, 0.2) is 0 Å². The number of nitriles is 1. The molecule has 0 radical (unpaired) electrons. The summed E-state index contributed by atoms with van der Waals surface area (Å²) in [7, 11) is 0. The van der Waals surface area contributed by atoms with Gasteiger partial charge in [0.1, 0.15) is 29.8 Å². The minimum atomic E-state index is -0.756. The Morgan fingerprint density at radius 3 is 2.39 bits per heavy atom. The topological polar surface area (TPSA) is 104 Å². The molecule has 33 heavy (non-hydrogen) atoms. The lowest BCUT2D eigenvalue weighted by Gasteiger charge is -2.14. The molecule has 1 heterocycles. The van der Waals surface area contributed by atoms with E-state index < -0.39 is 29.0 Å². The lowest BCUT2D eigenvalue weighted by atomic mass is 10.1. The van der Waals surface area contributed by atoms with Gasteiger partial charge in [-0.15, -0.1) is 0 Å². The van der Waals surface area contributed by atoms with E-state index in [2.05, 4.69) is 10.6 Å². The van der Waals surface area contributed by atoms with Gasteiger partial charge in [0, 0.05) is 18.3 Å². The summed E-state index contributed by atoms with van der Waals surface area (Å²) in [5.41, 5.74) is 0.999. The number of aryl methyl sites for hydroxylation is 2. The summed E-state index contributed by atoms with van der Waals surface area (Å²) in [6.07, 6.45) is 0. The molecule has 2 aromatic carbocycles. The predicted octanol–water partition coefficient (Wildman–Crippen LogP) is 3.18. The van der Waals surface area contributed by atoms with Gasteiger partial charge >= 0.3 is 0 Å². The molecule has 0 unspecified atom stereocenters. The average Bonchev–Trinajstić information content (AvgIpc) is 2.75. The third kappa shape index (κ3) is 5.49. The molecule has 0 aliphatic heterocycles. The van der Waals surface area contributed by atoms with E-state index in [0.29, 0.717) is 11.3 Å². The van der Waals surface area contributed by atoms with Crippen LogP contribution in [0.3, 0.4) is 0 Å². The molecule has 0 bridgehead atoms. The SMILES string of the molecule is Cc1cc(C)n(CC(=O)Nc2ccccc2C(=O)NCc2cc(F)cc(F)c2)c(=O)c1C#N. The largest absolute Gasteiger partial charge is 0.348 e. The van der Waals surface area contributed by atoms with Gasteiger partial charge < -0.3 is 15.2 Å². The van der Waals surface area contributed by atoms with Crippen molar-refractivity contribution in [3.05, 3.63) is 98.5 Å².